The Kier molecular flexibility index (Phi) is 7.50. The van der Waals surface area contributed by atoms with E-state index in [1.807, 2.05) is 13.8 Å². The quantitative estimate of drug-likeness (QED) is 0.388. The lowest BCUT2D eigenvalue weighted by Gasteiger charge is -2.17. The van der Waals surface area contributed by atoms with Crippen molar-refractivity contribution in [2.45, 2.75) is 26.6 Å². The molecular weight excluding hydrogens is 330 g/mol. The highest BCUT2D eigenvalue weighted by Crippen LogP contribution is 2.26. The maximum absolute atomic E-state index is 10.7. The smallest absolute Gasteiger partial charge is 0.274 e. The Balaban J connectivity index is 2.54. The number of halogens is 1. The summed E-state index contributed by atoms with van der Waals surface area (Å²) < 4.78 is 16.9. The molecule has 0 atom stereocenters. The Bertz CT molecular complexity index is 435. The normalized spacial score (nSPS) is 10.8. The molecule has 0 aromatic heterocycles. The molecule has 0 aliphatic heterocycles. The van der Waals surface area contributed by atoms with E-state index in [0.29, 0.717) is 36.5 Å². The van der Waals surface area contributed by atoms with E-state index >= 15 is 0 Å². The van der Waals surface area contributed by atoms with Crippen LogP contribution in [0.3, 0.4) is 0 Å². The molecular formula is C13H18BrNO5. The van der Waals surface area contributed by atoms with Crippen molar-refractivity contribution in [2.75, 3.05) is 19.8 Å². The molecule has 0 saturated carbocycles. The van der Waals surface area contributed by atoms with Crippen molar-refractivity contribution in [1.82, 2.24) is 0 Å². The van der Waals surface area contributed by atoms with Crippen molar-refractivity contribution in [3.63, 3.8) is 0 Å². The Morgan fingerprint density at radius 1 is 1.25 bits per heavy atom. The summed E-state index contributed by atoms with van der Waals surface area (Å²) in [5.74, 6) is 0.442. The van der Waals surface area contributed by atoms with Crippen LogP contribution in [0, 0.1) is 10.1 Å². The summed E-state index contributed by atoms with van der Waals surface area (Å²) in [4.78, 5) is 10.3. The lowest BCUT2D eigenvalue weighted by atomic mass is 10.3. The van der Waals surface area contributed by atoms with E-state index in [0.717, 1.165) is 0 Å². The highest BCUT2D eigenvalue weighted by molar-refractivity contribution is 9.10. The van der Waals surface area contributed by atoms with Crippen LogP contribution < -0.4 is 4.74 Å². The van der Waals surface area contributed by atoms with Crippen molar-refractivity contribution in [2.24, 2.45) is 0 Å². The number of nitrogens with zero attached hydrogens (tertiary/aromatic N) is 1. The Morgan fingerprint density at radius 2 is 1.90 bits per heavy atom. The molecule has 0 amide bonds. The summed E-state index contributed by atoms with van der Waals surface area (Å²) in [6, 6.07) is 4.50. The van der Waals surface area contributed by atoms with Gasteiger partial charge in [-0.05, 0) is 19.9 Å². The van der Waals surface area contributed by atoms with Crippen molar-refractivity contribution in [1.29, 1.82) is 0 Å². The molecule has 1 aromatic rings. The highest BCUT2D eigenvalue weighted by atomic mass is 79.9. The minimum absolute atomic E-state index is 0.0134. The van der Waals surface area contributed by atoms with Gasteiger partial charge in [0, 0.05) is 30.2 Å². The van der Waals surface area contributed by atoms with Gasteiger partial charge in [0.05, 0.1) is 17.6 Å². The average molecular weight is 348 g/mol. The fourth-order valence-corrected chi connectivity index (χ4v) is 2.06. The molecule has 7 heteroatoms. The minimum Gasteiger partial charge on any atom is -0.493 e. The third-order valence-electron chi connectivity index (χ3n) is 2.39. The number of hydrogen-bond donors (Lipinski definition) is 0. The number of hydrogen-bond acceptors (Lipinski definition) is 5. The first kappa shape index (κ1) is 16.9. The van der Waals surface area contributed by atoms with E-state index in [1.54, 1.807) is 6.07 Å². The molecule has 0 bridgehead atoms. The minimum atomic E-state index is -0.458. The number of ether oxygens (including phenoxy) is 3. The summed E-state index contributed by atoms with van der Waals surface area (Å²) in [5.41, 5.74) is -0.0134. The molecule has 0 N–H and O–H groups in total. The monoisotopic (exact) mass is 347 g/mol. The van der Waals surface area contributed by atoms with Gasteiger partial charge in [0.15, 0.2) is 6.29 Å². The molecule has 0 radical (unpaired) electrons. The van der Waals surface area contributed by atoms with Gasteiger partial charge in [-0.25, -0.2) is 0 Å². The van der Waals surface area contributed by atoms with E-state index in [4.69, 9.17) is 14.2 Å². The van der Waals surface area contributed by atoms with Gasteiger partial charge in [-0.15, -0.1) is 0 Å². The topological polar surface area (TPSA) is 70.8 Å². The van der Waals surface area contributed by atoms with Crippen LogP contribution in [-0.4, -0.2) is 31.0 Å². The number of non-ortho nitro benzene ring substituents is 1. The SMILES string of the molecule is CCOC(CCOc1cc(Br)cc([N+](=O)[O-])c1)OCC. The van der Waals surface area contributed by atoms with Crippen molar-refractivity contribution < 1.29 is 19.1 Å². The number of nitro benzene ring substituents is 1. The second-order valence-corrected chi connectivity index (χ2v) is 4.80. The predicted octanol–water partition coefficient (Wildman–Crippen LogP) is 3.53. The number of benzene rings is 1. The lowest BCUT2D eigenvalue weighted by Crippen LogP contribution is -2.20. The number of rotatable bonds is 9. The first-order valence-corrected chi connectivity index (χ1v) is 7.17. The molecule has 0 aliphatic carbocycles. The van der Waals surface area contributed by atoms with Crippen LogP contribution in [-0.2, 0) is 9.47 Å². The van der Waals surface area contributed by atoms with Crippen LogP contribution in [0.15, 0.2) is 22.7 Å². The zero-order valence-electron chi connectivity index (χ0n) is 11.5. The Hall–Kier alpha value is -1.18. The third kappa shape index (κ3) is 5.85. The molecule has 0 aliphatic rings. The highest BCUT2D eigenvalue weighted by Gasteiger charge is 2.11. The maximum Gasteiger partial charge on any atom is 0.274 e. The van der Waals surface area contributed by atoms with Crippen LogP contribution in [0.1, 0.15) is 20.3 Å². The van der Waals surface area contributed by atoms with Gasteiger partial charge in [-0.3, -0.25) is 10.1 Å². The van der Waals surface area contributed by atoms with Crippen LogP contribution in [0.2, 0.25) is 0 Å². The lowest BCUT2D eigenvalue weighted by molar-refractivity contribution is -0.385. The molecule has 0 unspecified atom stereocenters. The zero-order valence-corrected chi connectivity index (χ0v) is 13.1. The van der Waals surface area contributed by atoms with Gasteiger partial charge in [-0.1, -0.05) is 15.9 Å². The first-order chi connectivity index (χ1) is 9.56. The van der Waals surface area contributed by atoms with Crippen LogP contribution in [0.4, 0.5) is 5.69 Å². The predicted molar refractivity (Wildman–Crippen MR) is 77.9 cm³/mol. The fraction of sp³-hybridized carbons (Fsp3) is 0.538. The second-order valence-electron chi connectivity index (χ2n) is 3.88. The Labute approximate surface area is 126 Å². The summed E-state index contributed by atoms with van der Waals surface area (Å²) in [6.45, 7) is 5.27. The van der Waals surface area contributed by atoms with Gasteiger partial charge in [0.2, 0.25) is 0 Å². The Morgan fingerprint density at radius 3 is 2.45 bits per heavy atom. The molecule has 1 rings (SSSR count). The van der Waals surface area contributed by atoms with Gasteiger partial charge in [-0.2, -0.15) is 0 Å². The van der Waals surface area contributed by atoms with Gasteiger partial charge in [0.1, 0.15) is 5.75 Å². The molecule has 1 aromatic carbocycles. The van der Waals surface area contributed by atoms with Crippen molar-refractivity contribution >= 4 is 21.6 Å². The molecule has 20 heavy (non-hydrogen) atoms. The fourth-order valence-electron chi connectivity index (χ4n) is 1.60. The number of nitro groups is 1. The molecule has 0 spiro atoms. The molecule has 112 valence electrons. The van der Waals surface area contributed by atoms with E-state index in [1.165, 1.54) is 12.1 Å². The standard InChI is InChI=1S/C13H18BrNO5/c1-3-18-13(19-4-2)5-6-20-12-8-10(14)7-11(9-12)15(16)17/h7-9,13H,3-6H2,1-2H3. The van der Waals surface area contributed by atoms with E-state index < -0.39 is 4.92 Å². The average Bonchev–Trinajstić information content (AvgIpc) is 2.38. The van der Waals surface area contributed by atoms with Gasteiger partial charge < -0.3 is 14.2 Å². The summed E-state index contributed by atoms with van der Waals surface area (Å²) in [7, 11) is 0. The summed E-state index contributed by atoms with van der Waals surface area (Å²) in [5, 5.41) is 10.7. The van der Waals surface area contributed by atoms with Crippen molar-refractivity contribution in [3.05, 3.63) is 32.8 Å². The summed E-state index contributed by atoms with van der Waals surface area (Å²) >= 11 is 3.22. The third-order valence-corrected chi connectivity index (χ3v) is 2.85. The molecule has 0 saturated heterocycles. The van der Waals surface area contributed by atoms with Gasteiger partial charge >= 0.3 is 0 Å². The molecule has 0 heterocycles. The van der Waals surface area contributed by atoms with Crippen molar-refractivity contribution in [3.8, 4) is 5.75 Å². The molecule has 0 fully saturated rings. The van der Waals surface area contributed by atoms with Crippen LogP contribution in [0.25, 0.3) is 0 Å². The van der Waals surface area contributed by atoms with Crippen LogP contribution >= 0.6 is 15.9 Å². The second kappa shape index (κ2) is 8.89. The first-order valence-electron chi connectivity index (χ1n) is 6.37. The van der Waals surface area contributed by atoms with E-state index in [9.17, 15) is 10.1 Å². The van der Waals surface area contributed by atoms with Crippen LogP contribution in [0.5, 0.6) is 5.75 Å². The van der Waals surface area contributed by atoms with E-state index in [2.05, 4.69) is 15.9 Å². The summed E-state index contributed by atoms with van der Waals surface area (Å²) in [6.07, 6.45) is 0.245. The van der Waals surface area contributed by atoms with E-state index in [-0.39, 0.29) is 12.0 Å². The largest absolute Gasteiger partial charge is 0.493 e. The van der Waals surface area contributed by atoms with Gasteiger partial charge in [0.25, 0.3) is 5.69 Å². The zero-order chi connectivity index (χ0) is 15.0. The maximum atomic E-state index is 10.7. The molecule has 6 nitrogen and oxygen atoms in total.